The van der Waals surface area contributed by atoms with Crippen LogP contribution in [0.5, 0.6) is 0 Å². The monoisotopic (exact) mass is 284 g/mol. The zero-order valence-electron chi connectivity index (χ0n) is 13.1. The van der Waals surface area contributed by atoms with Crippen molar-refractivity contribution in [3.63, 3.8) is 0 Å². The molecule has 0 amide bonds. The third-order valence-corrected chi connectivity index (χ3v) is 3.79. The minimum absolute atomic E-state index is 0.107. The molecule has 0 fully saturated rings. The van der Waals surface area contributed by atoms with E-state index in [1.807, 2.05) is 24.5 Å². The lowest BCUT2D eigenvalue weighted by molar-refractivity contribution is 0.682. The van der Waals surface area contributed by atoms with Gasteiger partial charge in [-0.1, -0.05) is 44.2 Å². The quantitative estimate of drug-likeness (QED) is 0.884. The van der Waals surface area contributed by atoms with Crippen LogP contribution in [0.4, 0.5) is 0 Å². The number of pyridine rings is 1. The van der Waals surface area contributed by atoms with Crippen molar-refractivity contribution in [2.45, 2.75) is 40.3 Å². The van der Waals surface area contributed by atoms with Gasteiger partial charge in [-0.2, -0.15) is 0 Å². The lowest BCUT2D eigenvalue weighted by Crippen LogP contribution is -2.27. The van der Waals surface area contributed by atoms with E-state index in [4.69, 9.17) is 0 Å². The zero-order valence-corrected chi connectivity index (χ0v) is 13.1. The summed E-state index contributed by atoms with van der Waals surface area (Å²) in [5.74, 6) is 0. The highest BCUT2D eigenvalue weighted by Crippen LogP contribution is 2.19. The van der Waals surface area contributed by atoms with Gasteiger partial charge in [0.15, 0.2) is 0 Å². The fraction of sp³-hybridized carbons (Fsp3) is 0.389. The largest absolute Gasteiger partial charge is 0.313 e. The van der Waals surface area contributed by atoms with E-state index in [1.54, 1.807) is 0 Å². The Labute approximate surface area is 126 Å². The lowest BCUT2D eigenvalue weighted by atomic mass is 10.1. The molecular formula is C18H24N2O. The maximum atomic E-state index is 12.5. The van der Waals surface area contributed by atoms with Crippen molar-refractivity contribution < 1.29 is 0 Å². The number of aromatic nitrogens is 1. The molecule has 0 saturated heterocycles. The van der Waals surface area contributed by atoms with Gasteiger partial charge in [0.05, 0.1) is 5.69 Å². The Morgan fingerprint density at radius 1 is 1.00 bits per heavy atom. The first-order valence-electron chi connectivity index (χ1n) is 7.74. The van der Waals surface area contributed by atoms with E-state index < -0.39 is 0 Å². The smallest absolute Gasteiger partial charge is 0.255 e. The van der Waals surface area contributed by atoms with Crippen LogP contribution in [0.15, 0.2) is 41.2 Å². The number of benzene rings is 1. The zero-order chi connectivity index (χ0) is 15.2. The number of aryl methyl sites for hydroxylation is 1. The van der Waals surface area contributed by atoms with Crippen molar-refractivity contribution in [2.24, 2.45) is 0 Å². The molecule has 0 bridgehead atoms. The molecule has 0 saturated carbocycles. The number of hydrogen-bond acceptors (Lipinski definition) is 2. The van der Waals surface area contributed by atoms with Crippen molar-refractivity contribution in [3.05, 3.63) is 57.9 Å². The Bertz CT molecular complexity index is 641. The summed E-state index contributed by atoms with van der Waals surface area (Å²) < 4.78 is 1.85. The first-order chi connectivity index (χ1) is 10.2. The molecule has 0 atom stereocenters. The van der Waals surface area contributed by atoms with Gasteiger partial charge in [0.25, 0.3) is 5.56 Å². The first-order valence-corrected chi connectivity index (χ1v) is 7.74. The van der Waals surface area contributed by atoms with Gasteiger partial charge in [-0.3, -0.25) is 4.79 Å². The van der Waals surface area contributed by atoms with Gasteiger partial charge in [0, 0.05) is 18.7 Å². The van der Waals surface area contributed by atoms with Crippen molar-refractivity contribution >= 4 is 0 Å². The Morgan fingerprint density at radius 2 is 1.71 bits per heavy atom. The average Bonchev–Trinajstić information content (AvgIpc) is 2.53. The van der Waals surface area contributed by atoms with E-state index in [2.05, 4.69) is 42.6 Å². The van der Waals surface area contributed by atoms with E-state index in [-0.39, 0.29) is 5.56 Å². The standard InChI is InChI=1S/C18H24N2O/c1-4-14-7-9-15(10-8-14)17-12-11-16(13-19-5-2)18(21)20(17)6-3/h7-12,19H,4-6,13H2,1-3H3. The third kappa shape index (κ3) is 3.42. The average molecular weight is 284 g/mol. The molecule has 3 nitrogen and oxygen atoms in total. The van der Waals surface area contributed by atoms with Crippen LogP contribution in [0.25, 0.3) is 11.3 Å². The predicted molar refractivity (Wildman–Crippen MR) is 88.6 cm³/mol. The summed E-state index contributed by atoms with van der Waals surface area (Å²) in [7, 11) is 0. The molecule has 1 aromatic heterocycles. The van der Waals surface area contributed by atoms with Crippen LogP contribution >= 0.6 is 0 Å². The topological polar surface area (TPSA) is 34.0 Å². The molecule has 0 spiro atoms. The summed E-state index contributed by atoms with van der Waals surface area (Å²) in [5.41, 5.74) is 4.34. The predicted octanol–water partition coefficient (Wildman–Crippen LogP) is 3.21. The summed E-state index contributed by atoms with van der Waals surface area (Å²) in [5, 5.41) is 3.22. The van der Waals surface area contributed by atoms with Crippen LogP contribution in [0.3, 0.4) is 0 Å². The normalized spacial score (nSPS) is 10.8. The minimum Gasteiger partial charge on any atom is -0.313 e. The van der Waals surface area contributed by atoms with Gasteiger partial charge in [-0.25, -0.2) is 0 Å². The van der Waals surface area contributed by atoms with Gasteiger partial charge >= 0.3 is 0 Å². The molecule has 3 heteroatoms. The first kappa shape index (κ1) is 15.5. The van der Waals surface area contributed by atoms with Crippen LogP contribution in [-0.2, 0) is 19.5 Å². The van der Waals surface area contributed by atoms with Gasteiger partial charge in [0.1, 0.15) is 0 Å². The summed E-state index contributed by atoms with van der Waals surface area (Å²) >= 11 is 0. The molecule has 0 aliphatic carbocycles. The summed E-state index contributed by atoms with van der Waals surface area (Å²) in [4.78, 5) is 12.5. The Balaban J connectivity index is 2.43. The van der Waals surface area contributed by atoms with Crippen molar-refractivity contribution in [3.8, 4) is 11.3 Å². The van der Waals surface area contributed by atoms with E-state index in [0.29, 0.717) is 13.1 Å². The number of nitrogens with one attached hydrogen (secondary N) is 1. The summed E-state index contributed by atoms with van der Waals surface area (Å²) in [6.07, 6.45) is 1.03. The number of hydrogen-bond donors (Lipinski definition) is 1. The molecule has 21 heavy (non-hydrogen) atoms. The second-order valence-electron chi connectivity index (χ2n) is 5.12. The molecule has 1 aromatic carbocycles. The third-order valence-electron chi connectivity index (χ3n) is 3.79. The number of nitrogens with zero attached hydrogens (tertiary/aromatic N) is 1. The second-order valence-corrected chi connectivity index (χ2v) is 5.12. The Hall–Kier alpha value is -1.87. The van der Waals surface area contributed by atoms with Crippen LogP contribution in [0.1, 0.15) is 31.9 Å². The molecule has 1 heterocycles. The highest BCUT2D eigenvalue weighted by Gasteiger charge is 2.09. The maximum absolute atomic E-state index is 12.5. The fourth-order valence-corrected chi connectivity index (χ4v) is 2.49. The molecule has 0 unspecified atom stereocenters. The maximum Gasteiger partial charge on any atom is 0.255 e. The fourth-order valence-electron chi connectivity index (χ4n) is 2.49. The van der Waals surface area contributed by atoms with E-state index in [0.717, 1.165) is 29.8 Å². The van der Waals surface area contributed by atoms with E-state index in [9.17, 15) is 4.79 Å². The van der Waals surface area contributed by atoms with E-state index >= 15 is 0 Å². The van der Waals surface area contributed by atoms with Crippen molar-refractivity contribution in [1.82, 2.24) is 9.88 Å². The van der Waals surface area contributed by atoms with Crippen LogP contribution < -0.4 is 10.9 Å². The van der Waals surface area contributed by atoms with Gasteiger partial charge in [-0.05, 0) is 37.1 Å². The minimum atomic E-state index is 0.107. The van der Waals surface area contributed by atoms with Crippen LogP contribution in [0.2, 0.25) is 0 Å². The van der Waals surface area contributed by atoms with Crippen molar-refractivity contribution in [2.75, 3.05) is 6.54 Å². The second kappa shape index (κ2) is 7.23. The number of rotatable bonds is 6. The molecule has 0 aliphatic heterocycles. The summed E-state index contributed by atoms with van der Waals surface area (Å²) in [6.45, 7) is 8.39. The molecule has 0 aliphatic rings. The molecule has 112 valence electrons. The molecule has 2 aromatic rings. The van der Waals surface area contributed by atoms with Gasteiger partial charge < -0.3 is 9.88 Å². The summed E-state index contributed by atoms with van der Waals surface area (Å²) in [6, 6.07) is 12.5. The van der Waals surface area contributed by atoms with Crippen LogP contribution in [-0.4, -0.2) is 11.1 Å². The SMILES string of the molecule is CCNCc1ccc(-c2ccc(CC)cc2)n(CC)c1=O. The molecule has 0 radical (unpaired) electrons. The van der Waals surface area contributed by atoms with Crippen molar-refractivity contribution in [1.29, 1.82) is 0 Å². The molecular weight excluding hydrogens is 260 g/mol. The molecule has 1 N–H and O–H groups in total. The highest BCUT2D eigenvalue weighted by atomic mass is 16.1. The molecule has 2 rings (SSSR count). The van der Waals surface area contributed by atoms with Gasteiger partial charge in [-0.15, -0.1) is 0 Å². The lowest BCUT2D eigenvalue weighted by Gasteiger charge is -2.13. The Morgan fingerprint density at radius 3 is 2.29 bits per heavy atom. The highest BCUT2D eigenvalue weighted by molar-refractivity contribution is 5.60. The van der Waals surface area contributed by atoms with Crippen LogP contribution in [0, 0.1) is 0 Å². The van der Waals surface area contributed by atoms with Gasteiger partial charge in [0.2, 0.25) is 0 Å². The Kier molecular flexibility index (Phi) is 5.34. The van der Waals surface area contributed by atoms with E-state index in [1.165, 1.54) is 5.56 Å².